The number of aliphatic imine (C=N–C) groups is 1. The molecule has 10 heteroatoms. The third kappa shape index (κ3) is 5.67. The zero-order valence-electron chi connectivity index (χ0n) is 26.9. The van der Waals surface area contributed by atoms with Crippen molar-refractivity contribution < 1.29 is 33.6 Å². The number of hydrogen-bond acceptors (Lipinski definition) is 8. The van der Waals surface area contributed by atoms with E-state index in [9.17, 15) is 14.7 Å². The Bertz CT molecular complexity index is 1510. The number of nitrogens with zero attached hydrogens (tertiary/aromatic N) is 2. The molecular formula is C35H45N3O7. The van der Waals surface area contributed by atoms with E-state index in [4.69, 9.17) is 23.9 Å². The third-order valence-electron chi connectivity index (χ3n) is 10.1. The lowest BCUT2D eigenvalue weighted by Crippen LogP contribution is -2.57. The van der Waals surface area contributed by atoms with Gasteiger partial charge in [-0.1, -0.05) is 45.0 Å². The largest absolute Gasteiger partial charge is 0.497 e. The molecule has 2 aliphatic carbocycles. The fourth-order valence-corrected chi connectivity index (χ4v) is 7.21. The number of aliphatic hydroxyl groups excluding tert-OH is 1. The van der Waals surface area contributed by atoms with Crippen LogP contribution in [0.5, 0.6) is 5.75 Å². The fraction of sp³-hybridized carbons (Fsp3) is 0.571. The quantitative estimate of drug-likeness (QED) is 0.396. The lowest BCUT2D eigenvalue weighted by atomic mass is 9.85. The summed E-state index contributed by atoms with van der Waals surface area (Å²) in [5.41, 5.74) is -1.43. The average Bonchev–Trinajstić information content (AvgIpc) is 3.32. The molecule has 1 spiro atoms. The maximum absolute atomic E-state index is 14.6. The molecule has 2 aromatic carbocycles. The minimum absolute atomic E-state index is 0.00503. The smallest absolute Gasteiger partial charge is 0.408 e. The van der Waals surface area contributed by atoms with Crippen LogP contribution < -0.4 is 10.1 Å². The van der Waals surface area contributed by atoms with Gasteiger partial charge in [0.05, 0.1) is 13.7 Å². The molecule has 1 unspecified atom stereocenters. The van der Waals surface area contributed by atoms with Crippen molar-refractivity contribution >= 4 is 28.7 Å². The van der Waals surface area contributed by atoms with Gasteiger partial charge in [-0.2, -0.15) is 0 Å². The van der Waals surface area contributed by atoms with Gasteiger partial charge in [0, 0.05) is 19.4 Å². The first kappa shape index (κ1) is 31.4. The highest BCUT2D eigenvalue weighted by Gasteiger charge is 2.65. The van der Waals surface area contributed by atoms with Crippen LogP contribution in [-0.2, 0) is 24.6 Å². The Kier molecular flexibility index (Phi) is 8.10. The number of nitrogens with one attached hydrogen (secondary N) is 1. The van der Waals surface area contributed by atoms with Gasteiger partial charge < -0.3 is 34.3 Å². The van der Waals surface area contributed by atoms with Crippen LogP contribution in [0.3, 0.4) is 0 Å². The second kappa shape index (κ2) is 11.6. The Balaban J connectivity index is 1.36. The van der Waals surface area contributed by atoms with E-state index >= 15 is 0 Å². The monoisotopic (exact) mass is 619 g/mol. The predicted molar refractivity (Wildman–Crippen MR) is 170 cm³/mol. The van der Waals surface area contributed by atoms with Gasteiger partial charge in [-0.05, 0) is 72.1 Å². The van der Waals surface area contributed by atoms with E-state index in [2.05, 4.69) is 18.0 Å². The van der Waals surface area contributed by atoms with Crippen LogP contribution in [-0.4, -0.2) is 78.7 Å². The number of carbonyl (C=O) groups is 2. The molecule has 0 aromatic heterocycles. The first-order valence-corrected chi connectivity index (χ1v) is 15.9. The molecule has 2 amide bonds. The lowest BCUT2D eigenvalue weighted by Gasteiger charge is -2.36. The van der Waals surface area contributed by atoms with E-state index in [-0.39, 0.29) is 24.5 Å². The maximum Gasteiger partial charge on any atom is 0.408 e. The molecule has 2 aliphatic heterocycles. The highest BCUT2D eigenvalue weighted by atomic mass is 16.6. The second-order valence-corrected chi connectivity index (χ2v) is 14.0. The summed E-state index contributed by atoms with van der Waals surface area (Å²) in [5, 5.41) is 15.9. The maximum atomic E-state index is 14.6. The Morgan fingerprint density at radius 1 is 1.13 bits per heavy atom. The second-order valence-electron chi connectivity index (χ2n) is 14.0. The molecule has 242 valence electrons. The Morgan fingerprint density at radius 3 is 2.49 bits per heavy atom. The van der Waals surface area contributed by atoms with Crippen molar-refractivity contribution in [1.82, 2.24) is 10.2 Å². The number of fused-ring (bicyclic) bond motifs is 1. The van der Waals surface area contributed by atoms with Gasteiger partial charge >= 0.3 is 6.09 Å². The van der Waals surface area contributed by atoms with Crippen molar-refractivity contribution in [2.45, 2.75) is 94.9 Å². The molecule has 10 nitrogen and oxygen atoms in total. The Labute approximate surface area is 264 Å². The lowest BCUT2D eigenvalue weighted by molar-refractivity contribution is -0.137. The van der Waals surface area contributed by atoms with Gasteiger partial charge in [-0.3, -0.25) is 4.79 Å². The van der Waals surface area contributed by atoms with Crippen LogP contribution in [0.25, 0.3) is 10.8 Å². The minimum atomic E-state index is -1.13. The summed E-state index contributed by atoms with van der Waals surface area (Å²) >= 11 is 0. The third-order valence-corrected chi connectivity index (χ3v) is 10.1. The molecule has 6 atom stereocenters. The average molecular weight is 620 g/mol. The van der Waals surface area contributed by atoms with Gasteiger partial charge in [-0.15, -0.1) is 6.58 Å². The van der Waals surface area contributed by atoms with Crippen LogP contribution in [0.1, 0.15) is 64.9 Å². The summed E-state index contributed by atoms with van der Waals surface area (Å²) in [6, 6.07) is 10.5. The highest BCUT2D eigenvalue weighted by Crippen LogP contribution is 2.54. The Hall–Kier alpha value is -3.63. The van der Waals surface area contributed by atoms with Gasteiger partial charge in [0.2, 0.25) is 18.1 Å². The number of hydrogen-bond donors (Lipinski definition) is 2. The van der Waals surface area contributed by atoms with Crippen LogP contribution >= 0.6 is 0 Å². The van der Waals surface area contributed by atoms with E-state index in [0.29, 0.717) is 18.7 Å². The molecule has 4 aliphatic rings. The van der Waals surface area contributed by atoms with Crippen molar-refractivity contribution in [1.29, 1.82) is 0 Å². The van der Waals surface area contributed by atoms with Crippen LogP contribution in [0.4, 0.5) is 4.79 Å². The van der Waals surface area contributed by atoms with E-state index in [0.717, 1.165) is 47.8 Å². The van der Waals surface area contributed by atoms with Crippen molar-refractivity contribution in [3.05, 3.63) is 54.6 Å². The summed E-state index contributed by atoms with van der Waals surface area (Å²) in [6.07, 6.45) is 4.63. The van der Waals surface area contributed by atoms with Crippen molar-refractivity contribution in [2.24, 2.45) is 16.3 Å². The highest BCUT2D eigenvalue weighted by molar-refractivity contribution is 5.94. The molecule has 1 saturated heterocycles. The molecule has 6 rings (SSSR count). The van der Waals surface area contributed by atoms with Gasteiger partial charge in [0.25, 0.3) is 0 Å². The SMILES string of the molecule is C=C[C@H]1C[C@@]12N=C([C@@H]1C[C@@](OC)(c3ccc4cc(OC)ccc4c3)CN1C(=O)[C@@H](NC(=O)OC1CCCC1)C(C)(C)C)OC2O. The van der Waals surface area contributed by atoms with Gasteiger partial charge in [-0.25, -0.2) is 9.79 Å². The number of ether oxygens (including phenoxy) is 4. The van der Waals surface area contributed by atoms with Crippen LogP contribution in [0, 0.1) is 11.3 Å². The molecule has 2 aromatic rings. The molecule has 45 heavy (non-hydrogen) atoms. The molecular weight excluding hydrogens is 574 g/mol. The Morgan fingerprint density at radius 2 is 1.84 bits per heavy atom. The number of methoxy groups -OCH3 is 2. The first-order valence-electron chi connectivity index (χ1n) is 15.9. The molecule has 0 radical (unpaired) electrons. The van der Waals surface area contributed by atoms with Crippen LogP contribution in [0.15, 0.2) is 54.0 Å². The number of benzene rings is 2. The number of amides is 2. The van der Waals surface area contributed by atoms with E-state index in [1.807, 2.05) is 51.1 Å². The molecule has 2 N–H and O–H groups in total. The number of likely N-dealkylation sites (tertiary alicyclic amines) is 1. The molecule has 3 fully saturated rings. The summed E-state index contributed by atoms with van der Waals surface area (Å²) < 4.78 is 23.4. The summed E-state index contributed by atoms with van der Waals surface area (Å²) in [6.45, 7) is 9.83. The van der Waals surface area contributed by atoms with Crippen molar-refractivity contribution in [3.8, 4) is 5.75 Å². The van der Waals surface area contributed by atoms with Crippen molar-refractivity contribution in [3.63, 3.8) is 0 Å². The van der Waals surface area contributed by atoms with E-state index in [1.54, 1.807) is 25.2 Å². The fourth-order valence-electron chi connectivity index (χ4n) is 7.21. The molecule has 2 heterocycles. The zero-order valence-corrected chi connectivity index (χ0v) is 26.9. The normalized spacial score (nSPS) is 30.2. The number of rotatable bonds is 8. The van der Waals surface area contributed by atoms with E-state index < -0.39 is 41.0 Å². The molecule has 2 saturated carbocycles. The van der Waals surface area contributed by atoms with E-state index in [1.165, 1.54) is 0 Å². The molecule has 0 bridgehead atoms. The summed E-state index contributed by atoms with van der Waals surface area (Å²) in [5.74, 6) is 0.766. The standard InChI is InChI=1S/C35H45N3O7/c1-7-23-18-35(23)31(40)45-29(37-35)27-19-34(43-6,24-14-12-22-17-26(42-5)15-13-21(22)16-24)20-38(27)30(39)28(33(2,3)4)36-32(41)44-25-10-8-9-11-25/h7,12-17,23,25,27-28,31,40H,1,8-11,18-20H2,2-6H3,(H,36,41)/t23-,27-,28+,31?,34-,35+/m0/s1. The topological polar surface area (TPSA) is 119 Å². The van der Waals surface area contributed by atoms with Gasteiger partial charge in [0.1, 0.15) is 35.1 Å². The van der Waals surface area contributed by atoms with Crippen molar-refractivity contribution in [2.75, 3.05) is 20.8 Å². The number of aliphatic hydroxyl groups is 1. The summed E-state index contributed by atoms with van der Waals surface area (Å²) in [7, 11) is 3.28. The minimum Gasteiger partial charge on any atom is -0.497 e. The predicted octanol–water partition coefficient (Wildman–Crippen LogP) is 5.07. The van der Waals surface area contributed by atoms with Crippen LogP contribution in [0.2, 0.25) is 0 Å². The number of carbonyl (C=O) groups excluding carboxylic acids is 2. The summed E-state index contributed by atoms with van der Waals surface area (Å²) in [4.78, 5) is 34.3. The first-order chi connectivity index (χ1) is 21.4. The number of alkyl carbamates (subject to hydrolysis) is 1. The van der Waals surface area contributed by atoms with Gasteiger partial charge in [0.15, 0.2) is 0 Å². The zero-order chi connectivity index (χ0) is 32.1.